The molecule has 0 spiro atoms. The van der Waals surface area contributed by atoms with Crippen LogP contribution in [0.4, 0.5) is 24.8 Å². The van der Waals surface area contributed by atoms with Crippen molar-refractivity contribution >= 4 is 46.1 Å². The summed E-state index contributed by atoms with van der Waals surface area (Å²) in [6, 6.07) is 1.36. The standard InChI is InChI=1S/C21H20ClF3N8O2S/c1-9-6-32(7-10(2)35-9)21-28-14-4-13(12(23)8-33(14)30-21)27-19(34)16-11(5-26-31(16)3)20-29-15(18(24)25)17(22)36-20/h4-5,8-10,18H,6-7H2,1-3H3,(H,27,34)/t9-,10+. The molecule has 1 aliphatic heterocycles. The van der Waals surface area contributed by atoms with Crippen LogP contribution in [0.5, 0.6) is 0 Å². The largest absolute Gasteiger partial charge is 0.372 e. The average Bonchev–Trinajstić information content (AvgIpc) is 3.49. The van der Waals surface area contributed by atoms with Gasteiger partial charge in [-0.15, -0.1) is 16.4 Å². The highest BCUT2D eigenvalue weighted by molar-refractivity contribution is 7.19. The summed E-state index contributed by atoms with van der Waals surface area (Å²) in [4.78, 5) is 23.4. The van der Waals surface area contributed by atoms with Crippen LogP contribution in [0.25, 0.3) is 16.2 Å². The van der Waals surface area contributed by atoms with Gasteiger partial charge in [-0.3, -0.25) is 9.48 Å². The van der Waals surface area contributed by atoms with E-state index in [0.29, 0.717) is 24.7 Å². The zero-order chi connectivity index (χ0) is 25.7. The number of pyridine rings is 1. The Kier molecular flexibility index (Phi) is 6.34. The van der Waals surface area contributed by atoms with Crippen molar-refractivity contribution in [3.8, 4) is 10.6 Å². The van der Waals surface area contributed by atoms with Crippen LogP contribution >= 0.6 is 22.9 Å². The Hall–Kier alpha value is -3.23. The van der Waals surface area contributed by atoms with Gasteiger partial charge in [0.2, 0.25) is 5.95 Å². The van der Waals surface area contributed by atoms with E-state index >= 15 is 0 Å². The van der Waals surface area contributed by atoms with Gasteiger partial charge in [0.05, 0.1) is 35.9 Å². The zero-order valence-corrected chi connectivity index (χ0v) is 20.8. The van der Waals surface area contributed by atoms with Gasteiger partial charge in [0.1, 0.15) is 20.7 Å². The van der Waals surface area contributed by atoms with Crippen LogP contribution in [0.3, 0.4) is 0 Å². The molecular weight excluding hydrogens is 521 g/mol. The highest BCUT2D eigenvalue weighted by Crippen LogP contribution is 2.37. The summed E-state index contributed by atoms with van der Waals surface area (Å²) in [6.07, 6.45) is -0.453. The fraction of sp³-hybridized carbons (Fsp3) is 0.381. The van der Waals surface area contributed by atoms with Gasteiger partial charge in [-0.1, -0.05) is 11.6 Å². The van der Waals surface area contributed by atoms with Gasteiger partial charge in [0.25, 0.3) is 12.3 Å². The first-order chi connectivity index (χ1) is 17.1. The summed E-state index contributed by atoms with van der Waals surface area (Å²) in [5.74, 6) is -1.03. The number of nitrogens with one attached hydrogen (secondary N) is 1. The van der Waals surface area contributed by atoms with E-state index in [1.807, 2.05) is 18.7 Å². The lowest BCUT2D eigenvalue weighted by molar-refractivity contribution is -0.00570. The fourth-order valence-electron chi connectivity index (χ4n) is 4.07. The number of amides is 1. The Morgan fingerprint density at radius 2 is 2.00 bits per heavy atom. The molecule has 5 heterocycles. The summed E-state index contributed by atoms with van der Waals surface area (Å²) in [6.45, 7) is 5.08. The number of halogens is 4. The van der Waals surface area contributed by atoms with E-state index in [1.54, 1.807) is 0 Å². The third kappa shape index (κ3) is 4.51. The second-order valence-electron chi connectivity index (χ2n) is 8.38. The molecule has 1 amide bonds. The number of anilines is 2. The molecule has 190 valence electrons. The van der Waals surface area contributed by atoms with E-state index in [2.05, 4.69) is 25.5 Å². The van der Waals surface area contributed by atoms with Crippen molar-refractivity contribution in [2.24, 2.45) is 7.05 Å². The smallest absolute Gasteiger partial charge is 0.282 e. The third-order valence-corrected chi connectivity index (χ3v) is 6.88. The number of morpholine rings is 1. The number of carbonyl (C=O) groups excluding carboxylic acids is 1. The van der Waals surface area contributed by atoms with Gasteiger partial charge >= 0.3 is 0 Å². The molecule has 1 saturated heterocycles. The van der Waals surface area contributed by atoms with Crippen molar-refractivity contribution in [2.45, 2.75) is 32.5 Å². The molecule has 0 aromatic carbocycles. The van der Waals surface area contributed by atoms with Crippen molar-refractivity contribution in [1.82, 2.24) is 29.4 Å². The Morgan fingerprint density at radius 1 is 1.28 bits per heavy atom. The number of nitrogens with zero attached hydrogens (tertiary/aromatic N) is 7. The van der Waals surface area contributed by atoms with Crippen LogP contribution in [0.15, 0.2) is 18.5 Å². The molecule has 2 atom stereocenters. The number of thiazole rings is 1. The van der Waals surface area contributed by atoms with E-state index in [1.165, 1.54) is 28.5 Å². The third-order valence-electron chi connectivity index (χ3n) is 5.56. The molecule has 0 unspecified atom stereocenters. The Balaban J connectivity index is 1.43. The fourth-order valence-corrected chi connectivity index (χ4v) is 5.23. The Labute approximate surface area is 211 Å². The van der Waals surface area contributed by atoms with Gasteiger partial charge in [-0.05, 0) is 13.8 Å². The lowest BCUT2D eigenvalue weighted by atomic mass is 10.2. The number of alkyl halides is 2. The monoisotopic (exact) mass is 540 g/mol. The SMILES string of the molecule is C[C@@H]1CN(c2nc3cc(NC(=O)c4c(-c5nc(C(F)F)c(Cl)s5)cnn4C)c(F)cn3n2)C[C@H](C)O1. The van der Waals surface area contributed by atoms with E-state index in [9.17, 15) is 18.0 Å². The van der Waals surface area contributed by atoms with Crippen molar-refractivity contribution in [2.75, 3.05) is 23.3 Å². The van der Waals surface area contributed by atoms with E-state index in [-0.39, 0.29) is 38.5 Å². The maximum atomic E-state index is 14.9. The molecule has 36 heavy (non-hydrogen) atoms. The van der Waals surface area contributed by atoms with Gasteiger partial charge < -0.3 is 15.0 Å². The predicted octanol–water partition coefficient (Wildman–Crippen LogP) is 4.18. The number of rotatable bonds is 5. The molecule has 5 rings (SSSR count). The maximum Gasteiger partial charge on any atom is 0.282 e. The molecule has 10 nitrogen and oxygen atoms in total. The van der Waals surface area contributed by atoms with Crippen LogP contribution in [-0.4, -0.2) is 60.6 Å². The molecular formula is C21H20ClF3N8O2S. The number of aryl methyl sites for hydroxylation is 1. The number of aromatic nitrogens is 6. The van der Waals surface area contributed by atoms with E-state index in [0.717, 1.165) is 17.5 Å². The molecule has 1 fully saturated rings. The molecule has 4 aromatic heterocycles. The van der Waals surface area contributed by atoms with Gasteiger partial charge in [0, 0.05) is 26.2 Å². The summed E-state index contributed by atoms with van der Waals surface area (Å²) in [5.41, 5.74) is -0.190. The highest BCUT2D eigenvalue weighted by atomic mass is 35.5. The minimum Gasteiger partial charge on any atom is -0.372 e. The molecule has 1 aliphatic rings. The van der Waals surface area contributed by atoms with E-state index in [4.69, 9.17) is 16.3 Å². The van der Waals surface area contributed by atoms with Crippen LogP contribution in [-0.2, 0) is 11.8 Å². The Morgan fingerprint density at radius 3 is 2.67 bits per heavy atom. The summed E-state index contributed by atoms with van der Waals surface area (Å²) in [5, 5.41) is 11.0. The lowest BCUT2D eigenvalue weighted by Gasteiger charge is -2.34. The molecule has 0 saturated carbocycles. The summed E-state index contributed by atoms with van der Waals surface area (Å²) >= 11 is 6.68. The first kappa shape index (κ1) is 24.5. The van der Waals surface area contributed by atoms with Crippen molar-refractivity contribution in [3.05, 3.63) is 40.0 Å². The van der Waals surface area contributed by atoms with Crippen LogP contribution in [0.2, 0.25) is 4.34 Å². The topological polar surface area (TPSA) is 102 Å². The second kappa shape index (κ2) is 9.33. The van der Waals surface area contributed by atoms with Crippen LogP contribution in [0.1, 0.15) is 36.5 Å². The van der Waals surface area contributed by atoms with Gasteiger partial charge in [-0.25, -0.2) is 22.7 Å². The van der Waals surface area contributed by atoms with Gasteiger partial charge in [-0.2, -0.15) is 10.1 Å². The number of hydrogen-bond donors (Lipinski definition) is 1. The number of carbonyl (C=O) groups is 1. The molecule has 0 aliphatic carbocycles. The minimum absolute atomic E-state index is 0.000968. The van der Waals surface area contributed by atoms with E-state index < -0.39 is 23.8 Å². The second-order valence-corrected chi connectivity index (χ2v) is 9.98. The van der Waals surface area contributed by atoms with Crippen molar-refractivity contribution in [1.29, 1.82) is 0 Å². The Bertz CT molecular complexity index is 1440. The summed E-state index contributed by atoms with van der Waals surface area (Å²) < 4.78 is 49.3. The first-order valence-corrected chi connectivity index (χ1v) is 12.0. The average molecular weight is 541 g/mol. The number of fused-ring (bicyclic) bond motifs is 1. The lowest BCUT2D eigenvalue weighted by Crippen LogP contribution is -2.46. The maximum absolute atomic E-state index is 14.9. The minimum atomic E-state index is -2.87. The van der Waals surface area contributed by atoms with Crippen LogP contribution < -0.4 is 10.2 Å². The molecule has 0 radical (unpaired) electrons. The molecule has 1 N–H and O–H groups in total. The molecule has 4 aromatic rings. The summed E-state index contributed by atoms with van der Waals surface area (Å²) in [7, 11) is 1.50. The highest BCUT2D eigenvalue weighted by Gasteiger charge is 2.27. The molecule has 0 bridgehead atoms. The normalized spacial score (nSPS) is 18.4. The predicted molar refractivity (Wildman–Crippen MR) is 127 cm³/mol. The zero-order valence-electron chi connectivity index (χ0n) is 19.2. The van der Waals surface area contributed by atoms with Crippen molar-refractivity contribution in [3.63, 3.8) is 0 Å². The first-order valence-electron chi connectivity index (χ1n) is 10.8. The number of hydrogen-bond acceptors (Lipinski definition) is 8. The molecule has 15 heteroatoms. The number of ether oxygens (including phenoxy) is 1. The van der Waals surface area contributed by atoms with Crippen LogP contribution in [0, 0.1) is 5.82 Å². The van der Waals surface area contributed by atoms with Gasteiger partial charge in [0.15, 0.2) is 11.5 Å². The van der Waals surface area contributed by atoms with Crippen molar-refractivity contribution < 1.29 is 22.7 Å². The quantitative estimate of drug-likeness (QED) is 0.405.